The van der Waals surface area contributed by atoms with Gasteiger partial charge in [-0.15, -0.1) is 0 Å². The van der Waals surface area contributed by atoms with Gasteiger partial charge >= 0.3 is 5.69 Å². The molecule has 1 aromatic rings. The summed E-state index contributed by atoms with van der Waals surface area (Å²) in [4.78, 5) is 24.3. The Kier molecular flexibility index (Phi) is 6.32. The zero-order chi connectivity index (χ0) is 18.4. The second-order valence-electron chi connectivity index (χ2n) is 5.65. The van der Waals surface area contributed by atoms with E-state index in [4.69, 9.17) is 9.47 Å². The van der Waals surface area contributed by atoms with E-state index < -0.39 is 33.3 Å². The number of nitrogens with zero attached hydrogens (tertiary/aromatic N) is 2. The first kappa shape index (κ1) is 19.1. The molecule has 10 heteroatoms. The number of hydrogen-bond acceptors (Lipinski definition) is 7. The van der Waals surface area contributed by atoms with Gasteiger partial charge in [0.1, 0.15) is 0 Å². The summed E-state index contributed by atoms with van der Waals surface area (Å²) < 4.78 is 33.6. The summed E-state index contributed by atoms with van der Waals surface area (Å²) in [6, 6.07) is 5.33. The molecule has 0 bridgehead atoms. The summed E-state index contributed by atoms with van der Waals surface area (Å²) in [6.07, 6.45) is 0.364. The molecule has 1 amide bonds. The Hall–Kier alpha value is -2.20. The molecule has 1 aliphatic rings. The van der Waals surface area contributed by atoms with Crippen molar-refractivity contribution in [3.63, 3.8) is 0 Å². The van der Waals surface area contributed by atoms with E-state index in [9.17, 15) is 23.3 Å². The van der Waals surface area contributed by atoms with Crippen LogP contribution in [-0.4, -0.2) is 68.6 Å². The van der Waals surface area contributed by atoms with Crippen molar-refractivity contribution in [2.24, 2.45) is 0 Å². The quantitative estimate of drug-likeness (QED) is 0.485. The van der Waals surface area contributed by atoms with Crippen LogP contribution in [-0.2, 0) is 19.4 Å². The fourth-order valence-corrected chi connectivity index (χ4v) is 4.40. The average molecular weight is 372 g/mol. The number of benzene rings is 1. The van der Waals surface area contributed by atoms with Gasteiger partial charge in [0.25, 0.3) is 5.91 Å². The number of carbonyl (C=O) groups is 1. The summed E-state index contributed by atoms with van der Waals surface area (Å²) in [5.41, 5.74) is -0.234. The van der Waals surface area contributed by atoms with E-state index in [0.29, 0.717) is 6.42 Å². The molecule has 1 fully saturated rings. The second-order valence-corrected chi connectivity index (χ2v) is 7.88. The molecule has 1 aromatic carbocycles. The van der Waals surface area contributed by atoms with Crippen molar-refractivity contribution in [1.82, 2.24) is 4.90 Å². The molecule has 0 saturated carbocycles. The number of hydrogen-bond donors (Lipinski definition) is 0. The van der Waals surface area contributed by atoms with Crippen molar-refractivity contribution in [1.29, 1.82) is 0 Å². The molecule has 0 N–H and O–H groups in total. The van der Waals surface area contributed by atoms with E-state index in [2.05, 4.69) is 0 Å². The number of rotatable bonds is 8. The van der Waals surface area contributed by atoms with Crippen LogP contribution in [0.15, 0.2) is 24.3 Å². The van der Waals surface area contributed by atoms with Crippen molar-refractivity contribution in [3.05, 3.63) is 34.4 Å². The lowest BCUT2D eigenvalue weighted by molar-refractivity contribution is -0.385. The van der Waals surface area contributed by atoms with Gasteiger partial charge in [-0.25, -0.2) is 8.42 Å². The topological polar surface area (TPSA) is 116 Å². The van der Waals surface area contributed by atoms with Crippen molar-refractivity contribution < 1.29 is 27.6 Å². The molecule has 1 saturated heterocycles. The Balaban J connectivity index is 2.06. The van der Waals surface area contributed by atoms with Crippen LogP contribution in [0.4, 0.5) is 5.69 Å². The van der Waals surface area contributed by atoms with Crippen LogP contribution in [0, 0.1) is 10.1 Å². The zero-order valence-electron chi connectivity index (χ0n) is 13.8. The average Bonchev–Trinajstić information content (AvgIpc) is 2.93. The normalized spacial score (nSPS) is 18.7. The van der Waals surface area contributed by atoms with Crippen LogP contribution in [0.3, 0.4) is 0 Å². The lowest BCUT2D eigenvalue weighted by atomic mass is 10.2. The Bertz CT molecular complexity index is 735. The molecule has 2 rings (SSSR count). The summed E-state index contributed by atoms with van der Waals surface area (Å²) in [6.45, 7) is 0.0780. The highest BCUT2D eigenvalue weighted by Gasteiger charge is 2.34. The molecule has 0 aliphatic carbocycles. The maximum atomic E-state index is 12.5. The third-order valence-electron chi connectivity index (χ3n) is 3.92. The predicted molar refractivity (Wildman–Crippen MR) is 89.2 cm³/mol. The number of sulfone groups is 1. The van der Waals surface area contributed by atoms with Crippen LogP contribution in [0.5, 0.6) is 5.75 Å². The van der Waals surface area contributed by atoms with Gasteiger partial charge < -0.3 is 14.4 Å². The van der Waals surface area contributed by atoms with Gasteiger partial charge in [-0.2, -0.15) is 0 Å². The Morgan fingerprint density at radius 1 is 1.40 bits per heavy atom. The lowest BCUT2D eigenvalue weighted by Crippen LogP contribution is -2.45. The molecule has 138 valence electrons. The highest BCUT2D eigenvalue weighted by atomic mass is 32.2. The Labute approximate surface area is 145 Å². The van der Waals surface area contributed by atoms with Crippen LogP contribution < -0.4 is 4.74 Å². The van der Waals surface area contributed by atoms with Gasteiger partial charge in [0, 0.05) is 25.8 Å². The molecule has 0 radical (unpaired) electrons. The molecule has 9 nitrogen and oxygen atoms in total. The fraction of sp³-hybridized carbons (Fsp3) is 0.533. The third-order valence-corrected chi connectivity index (χ3v) is 5.67. The minimum absolute atomic E-state index is 0.00779. The summed E-state index contributed by atoms with van der Waals surface area (Å²) in [5, 5.41) is 11.0. The molecule has 1 heterocycles. The molecule has 0 unspecified atom stereocenters. The van der Waals surface area contributed by atoms with E-state index in [1.54, 1.807) is 6.07 Å². The summed E-state index contributed by atoms with van der Waals surface area (Å²) in [7, 11) is -1.66. The van der Waals surface area contributed by atoms with Crippen LogP contribution >= 0.6 is 0 Å². The molecular formula is C15H20N2O7S. The Morgan fingerprint density at radius 3 is 2.72 bits per heavy atom. The standard InChI is InChI=1S/C15H20N2O7S/c1-23-8-7-16(12-6-9-25(21,22)11-12)15(18)10-24-14-5-3-2-4-13(14)17(19)20/h2-5,12H,6-11H2,1H3/t12-/m0/s1. The van der Waals surface area contributed by atoms with Crippen LogP contribution in [0.25, 0.3) is 0 Å². The second kappa shape index (κ2) is 8.26. The minimum atomic E-state index is -3.15. The molecule has 0 spiro atoms. The third kappa shape index (κ3) is 5.13. The largest absolute Gasteiger partial charge is 0.477 e. The first-order chi connectivity index (χ1) is 11.8. The predicted octanol–water partition coefficient (Wildman–Crippen LogP) is 0.636. The summed E-state index contributed by atoms with van der Waals surface area (Å²) in [5.74, 6) is -0.489. The van der Waals surface area contributed by atoms with Crippen molar-refractivity contribution >= 4 is 21.4 Å². The monoisotopic (exact) mass is 372 g/mol. The smallest absolute Gasteiger partial charge is 0.310 e. The zero-order valence-corrected chi connectivity index (χ0v) is 14.6. The first-order valence-corrected chi connectivity index (χ1v) is 9.51. The Morgan fingerprint density at radius 2 is 2.12 bits per heavy atom. The number of methoxy groups -OCH3 is 1. The molecule has 25 heavy (non-hydrogen) atoms. The SMILES string of the molecule is COCCN(C(=O)COc1ccccc1[N+](=O)[O-])[C@H]1CCS(=O)(=O)C1. The van der Waals surface area contributed by atoms with E-state index in [1.165, 1.54) is 30.2 Å². The number of nitro groups is 1. The van der Waals surface area contributed by atoms with Crippen molar-refractivity contribution in [2.75, 3.05) is 38.4 Å². The number of amides is 1. The number of ether oxygens (including phenoxy) is 2. The number of carbonyl (C=O) groups excluding carboxylic acids is 1. The molecule has 0 aromatic heterocycles. The molecule has 1 atom stereocenters. The summed E-state index contributed by atoms with van der Waals surface area (Å²) >= 11 is 0. The van der Waals surface area contributed by atoms with Gasteiger partial charge in [0.05, 0.1) is 23.0 Å². The lowest BCUT2D eigenvalue weighted by Gasteiger charge is -2.28. The number of para-hydroxylation sites is 2. The van der Waals surface area contributed by atoms with Gasteiger partial charge in [-0.1, -0.05) is 12.1 Å². The van der Waals surface area contributed by atoms with Crippen LogP contribution in [0.2, 0.25) is 0 Å². The van der Waals surface area contributed by atoms with E-state index >= 15 is 0 Å². The van der Waals surface area contributed by atoms with E-state index in [-0.39, 0.29) is 36.1 Å². The van der Waals surface area contributed by atoms with Gasteiger partial charge in [-0.05, 0) is 12.5 Å². The van der Waals surface area contributed by atoms with Gasteiger partial charge in [0.2, 0.25) is 0 Å². The van der Waals surface area contributed by atoms with E-state index in [1.807, 2.05) is 0 Å². The first-order valence-electron chi connectivity index (χ1n) is 7.69. The highest BCUT2D eigenvalue weighted by Crippen LogP contribution is 2.26. The fourth-order valence-electron chi connectivity index (χ4n) is 2.67. The minimum Gasteiger partial charge on any atom is -0.477 e. The van der Waals surface area contributed by atoms with E-state index in [0.717, 1.165) is 0 Å². The van der Waals surface area contributed by atoms with Gasteiger partial charge in [-0.3, -0.25) is 14.9 Å². The van der Waals surface area contributed by atoms with Crippen molar-refractivity contribution in [3.8, 4) is 5.75 Å². The molecular weight excluding hydrogens is 352 g/mol. The highest BCUT2D eigenvalue weighted by molar-refractivity contribution is 7.91. The number of nitro benzene ring substituents is 1. The van der Waals surface area contributed by atoms with Gasteiger partial charge in [0.15, 0.2) is 22.2 Å². The molecule has 1 aliphatic heterocycles. The maximum Gasteiger partial charge on any atom is 0.310 e. The van der Waals surface area contributed by atoms with Crippen molar-refractivity contribution in [2.45, 2.75) is 12.5 Å². The van der Waals surface area contributed by atoms with Crippen LogP contribution in [0.1, 0.15) is 6.42 Å². The maximum absolute atomic E-state index is 12.5.